The zero-order chi connectivity index (χ0) is 29.2. The second-order valence-corrected chi connectivity index (χ2v) is 11.5. The Kier molecular flexibility index (Phi) is 9.26. The average molecular weight is 592 g/mol. The fraction of sp³-hybridized carbons (Fsp3) is 0.464. The van der Waals surface area contributed by atoms with Gasteiger partial charge in [0.05, 0.1) is 55.3 Å². The van der Waals surface area contributed by atoms with E-state index in [0.717, 1.165) is 5.39 Å². The van der Waals surface area contributed by atoms with E-state index in [1.165, 1.54) is 20.3 Å². The van der Waals surface area contributed by atoms with Crippen molar-refractivity contribution in [1.29, 1.82) is 0 Å². The van der Waals surface area contributed by atoms with Crippen LogP contribution in [0.3, 0.4) is 0 Å². The maximum Gasteiger partial charge on any atom is 0.223 e. The van der Waals surface area contributed by atoms with Crippen molar-refractivity contribution in [2.24, 2.45) is 5.41 Å². The van der Waals surface area contributed by atoms with Crippen molar-refractivity contribution >= 4 is 45.9 Å². The SMILES string of the molecule is C=CC(O)N[C@H]1COC[C@H]1Nc1ncc2cc(-c3c(Cl)c(OC)cc(OC)c3Cl)nc(N[C@@H](C)C(C)(C)C)c2n1. The highest BCUT2D eigenvalue weighted by molar-refractivity contribution is 6.41. The van der Waals surface area contributed by atoms with E-state index in [1.807, 2.05) is 6.07 Å². The molecule has 2 aromatic heterocycles. The summed E-state index contributed by atoms with van der Waals surface area (Å²) in [7, 11) is 3.06. The van der Waals surface area contributed by atoms with E-state index in [-0.39, 0.29) is 23.5 Å². The molecule has 0 saturated carbocycles. The lowest BCUT2D eigenvalue weighted by molar-refractivity contribution is 0.149. The van der Waals surface area contributed by atoms with Crippen LogP contribution in [0.2, 0.25) is 10.0 Å². The third-order valence-corrected chi connectivity index (χ3v) is 7.80. The van der Waals surface area contributed by atoms with E-state index in [4.69, 9.17) is 47.4 Å². The van der Waals surface area contributed by atoms with Crippen LogP contribution >= 0.6 is 23.2 Å². The molecule has 12 heteroatoms. The van der Waals surface area contributed by atoms with Gasteiger partial charge in [0.25, 0.3) is 0 Å². The van der Waals surface area contributed by atoms with Gasteiger partial charge < -0.3 is 30.0 Å². The van der Waals surface area contributed by atoms with Gasteiger partial charge in [-0.2, -0.15) is 0 Å². The first-order chi connectivity index (χ1) is 19.0. The van der Waals surface area contributed by atoms with Gasteiger partial charge in [-0.1, -0.05) is 50.6 Å². The predicted molar refractivity (Wildman–Crippen MR) is 160 cm³/mol. The molecule has 0 radical (unpaired) electrons. The van der Waals surface area contributed by atoms with Crippen LogP contribution in [-0.4, -0.2) is 71.8 Å². The number of fused-ring (bicyclic) bond motifs is 1. The molecule has 40 heavy (non-hydrogen) atoms. The number of aliphatic hydroxyl groups is 1. The number of nitrogens with one attached hydrogen (secondary N) is 3. The molecule has 0 aliphatic carbocycles. The Hall–Kier alpha value is -2.89. The zero-order valence-corrected chi connectivity index (χ0v) is 25.0. The van der Waals surface area contributed by atoms with Crippen LogP contribution in [0.4, 0.5) is 11.8 Å². The molecule has 0 amide bonds. The van der Waals surface area contributed by atoms with Crippen LogP contribution < -0.4 is 25.4 Å². The normalized spacial score (nSPS) is 18.8. The number of hydrogen-bond acceptors (Lipinski definition) is 10. The lowest BCUT2D eigenvalue weighted by Gasteiger charge is -2.29. The number of aliphatic hydroxyl groups excluding tert-OH is 1. The number of aromatic nitrogens is 3. The fourth-order valence-electron chi connectivity index (χ4n) is 4.18. The van der Waals surface area contributed by atoms with Gasteiger partial charge in [-0.05, 0) is 24.5 Å². The Morgan fingerprint density at radius 2 is 1.75 bits per heavy atom. The first kappa shape index (κ1) is 30.1. The maximum absolute atomic E-state index is 9.96. The lowest BCUT2D eigenvalue weighted by Crippen LogP contribution is -2.47. The van der Waals surface area contributed by atoms with E-state index in [0.29, 0.717) is 63.3 Å². The number of anilines is 2. The summed E-state index contributed by atoms with van der Waals surface area (Å²) in [5.74, 6) is 1.78. The Balaban J connectivity index is 1.81. The quantitative estimate of drug-likeness (QED) is 0.186. The van der Waals surface area contributed by atoms with Gasteiger partial charge >= 0.3 is 0 Å². The van der Waals surface area contributed by atoms with E-state index >= 15 is 0 Å². The van der Waals surface area contributed by atoms with Gasteiger partial charge in [0.1, 0.15) is 23.2 Å². The second-order valence-electron chi connectivity index (χ2n) is 10.7. The van der Waals surface area contributed by atoms with E-state index in [1.54, 1.807) is 12.3 Å². The fourth-order valence-corrected chi connectivity index (χ4v) is 4.88. The van der Waals surface area contributed by atoms with Crippen LogP contribution in [0.5, 0.6) is 11.5 Å². The van der Waals surface area contributed by atoms with Crippen molar-refractivity contribution in [3.63, 3.8) is 0 Å². The smallest absolute Gasteiger partial charge is 0.223 e. The van der Waals surface area contributed by atoms with Crippen LogP contribution in [0, 0.1) is 5.41 Å². The minimum Gasteiger partial charge on any atom is -0.495 e. The van der Waals surface area contributed by atoms with Gasteiger partial charge in [0.2, 0.25) is 5.95 Å². The molecule has 1 saturated heterocycles. The number of halogens is 2. The average Bonchev–Trinajstić information content (AvgIpc) is 3.34. The third kappa shape index (κ3) is 6.37. The summed E-state index contributed by atoms with van der Waals surface area (Å²) in [6, 6.07) is 3.19. The van der Waals surface area contributed by atoms with Crippen LogP contribution in [0.25, 0.3) is 22.2 Å². The molecule has 0 spiro atoms. The Morgan fingerprint density at radius 1 is 1.10 bits per heavy atom. The van der Waals surface area contributed by atoms with Crippen LogP contribution in [0.1, 0.15) is 27.7 Å². The monoisotopic (exact) mass is 590 g/mol. The molecule has 3 aromatic rings. The van der Waals surface area contributed by atoms with Crippen molar-refractivity contribution < 1.29 is 19.3 Å². The summed E-state index contributed by atoms with van der Waals surface area (Å²) in [6.45, 7) is 13.0. The van der Waals surface area contributed by atoms with Crippen LogP contribution in [-0.2, 0) is 4.74 Å². The number of ether oxygens (including phenoxy) is 3. The first-order valence-electron chi connectivity index (χ1n) is 12.9. The standard InChI is InChI=1S/C28H36Cl2N6O4/c1-8-21(37)33-17-12-40-13-18(17)35-27-31-11-15-9-16(22-23(29)19(38-6)10-20(39-7)24(22)30)34-26(25(15)36-27)32-14(2)28(3,4)5/h8-11,14,17-18,21,33,37H,1,12-13H2,2-7H3,(H,32,34)(H,31,35,36)/t14-,17-,18+,21?/m0/s1. The molecule has 1 unspecified atom stereocenters. The summed E-state index contributed by atoms with van der Waals surface area (Å²) >= 11 is 13.5. The minimum absolute atomic E-state index is 0.0350. The molecule has 4 rings (SSSR count). The molecule has 4 N–H and O–H groups in total. The van der Waals surface area contributed by atoms with Crippen molar-refractivity contribution in [2.45, 2.75) is 52.0 Å². The molecular weight excluding hydrogens is 555 g/mol. The highest BCUT2D eigenvalue weighted by Crippen LogP contribution is 2.46. The number of rotatable bonds is 10. The number of methoxy groups -OCH3 is 2. The zero-order valence-electron chi connectivity index (χ0n) is 23.5. The number of pyridine rings is 1. The minimum atomic E-state index is -0.847. The number of nitrogens with zero attached hydrogens (tertiary/aromatic N) is 3. The Bertz CT molecular complexity index is 1360. The molecule has 0 bridgehead atoms. The topological polar surface area (TPSA) is 123 Å². The van der Waals surface area contributed by atoms with Gasteiger partial charge in [-0.25, -0.2) is 15.0 Å². The van der Waals surface area contributed by atoms with Crippen molar-refractivity contribution in [3.05, 3.63) is 41.0 Å². The number of hydrogen-bond donors (Lipinski definition) is 4. The molecule has 1 aliphatic heterocycles. The predicted octanol–water partition coefficient (Wildman–Crippen LogP) is 5.14. The van der Waals surface area contributed by atoms with Crippen LogP contribution in [0.15, 0.2) is 31.0 Å². The second kappa shape index (κ2) is 12.3. The summed E-state index contributed by atoms with van der Waals surface area (Å²) in [5, 5.41) is 21.3. The highest BCUT2D eigenvalue weighted by atomic mass is 35.5. The molecule has 4 atom stereocenters. The summed E-state index contributed by atoms with van der Waals surface area (Å²) < 4.78 is 16.6. The van der Waals surface area contributed by atoms with Crippen molar-refractivity contribution in [1.82, 2.24) is 20.3 Å². The molecule has 216 valence electrons. The van der Waals surface area contributed by atoms with Gasteiger partial charge in [0.15, 0.2) is 5.82 Å². The summed E-state index contributed by atoms with van der Waals surface area (Å²) in [6.07, 6.45) is 2.30. The summed E-state index contributed by atoms with van der Waals surface area (Å²) in [4.78, 5) is 14.3. The first-order valence-corrected chi connectivity index (χ1v) is 13.7. The molecule has 3 heterocycles. The third-order valence-electron chi connectivity index (χ3n) is 7.05. The molecule has 10 nitrogen and oxygen atoms in total. The van der Waals surface area contributed by atoms with Gasteiger partial charge in [0, 0.05) is 29.3 Å². The summed E-state index contributed by atoms with van der Waals surface area (Å²) in [5.41, 5.74) is 1.54. The van der Waals surface area contributed by atoms with Crippen molar-refractivity contribution in [3.8, 4) is 22.8 Å². The Labute approximate surface area is 244 Å². The van der Waals surface area contributed by atoms with E-state index in [2.05, 4.69) is 55.2 Å². The van der Waals surface area contributed by atoms with E-state index < -0.39 is 6.23 Å². The van der Waals surface area contributed by atoms with E-state index in [9.17, 15) is 5.11 Å². The maximum atomic E-state index is 9.96. The molecular formula is C28H36Cl2N6O4. The van der Waals surface area contributed by atoms with Gasteiger partial charge in [-0.15, -0.1) is 0 Å². The molecule has 1 aromatic carbocycles. The van der Waals surface area contributed by atoms with Gasteiger partial charge in [-0.3, -0.25) is 5.32 Å². The molecule has 1 aliphatic rings. The lowest BCUT2D eigenvalue weighted by atomic mass is 9.88. The Morgan fingerprint density at radius 3 is 2.35 bits per heavy atom. The highest BCUT2D eigenvalue weighted by Gasteiger charge is 2.30. The molecule has 1 fully saturated rings. The number of benzene rings is 1. The largest absolute Gasteiger partial charge is 0.495 e. The van der Waals surface area contributed by atoms with Crippen molar-refractivity contribution in [2.75, 3.05) is 38.1 Å².